The van der Waals surface area contributed by atoms with Crippen molar-refractivity contribution >= 4 is 28.8 Å². The Kier molecular flexibility index (Phi) is 8.29. The van der Waals surface area contributed by atoms with Gasteiger partial charge in [0.15, 0.2) is 0 Å². The molecule has 5 rings (SSSR count). The summed E-state index contributed by atoms with van der Waals surface area (Å²) < 4.78 is 0. The van der Waals surface area contributed by atoms with E-state index in [1.165, 1.54) is 0 Å². The average Bonchev–Trinajstić information content (AvgIpc) is 3.26. The van der Waals surface area contributed by atoms with E-state index < -0.39 is 0 Å². The van der Waals surface area contributed by atoms with Gasteiger partial charge in [0.25, 0.3) is 0 Å². The number of carbonyl (C=O) groups excluding carboxylic acids is 3. The number of amides is 3. The van der Waals surface area contributed by atoms with Crippen molar-refractivity contribution in [3.63, 3.8) is 0 Å². The highest BCUT2D eigenvalue weighted by Crippen LogP contribution is 2.37. The van der Waals surface area contributed by atoms with E-state index in [4.69, 9.17) is 0 Å². The maximum atomic E-state index is 13.6. The minimum atomic E-state index is 0.0929. The maximum absolute atomic E-state index is 13.6. The fraction of sp³-hybridized carbons (Fsp3) is 0.677. The van der Waals surface area contributed by atoms with E-state index in [0.29, 0.717) is 44.2 Å². The second-order valence-corrected chi connectivity index (χ2v) is 12.8. The van der Waals surface area contributed by atoms with Crippen LogP contribution in [-0.4, -0.2) is 69.2 Å². The molecule has 2 N–H and O–H groups in total. The van der Waals surface area contributed by atoms with Crippen LogP contribution in [0.5, 0.6) is 0 Å². The number of rotatable bonds is 3. The molecule has 3 saturated heterocycles. The third-order valence-electron chi connectivity index (χ3n) is 9.21. The molecule has 4 heterocycles. The number of aromatic nitrogens is 2. The number of likely N-dealkylation sites (tertiary alicyclic amines) is 1. The van der Waals surface area contributed by atoms with Crippen LogP contribution in [0.4, 0.5) is 0 Å². The zero-order valence-electron chi connectivity index (χ0n) is 24.0. The van der Waals surface area contributed by atoms with E-state index in [0.717, 1.165) is 61.1 Å². The zero-order chi connectivity index (χ0) is 27.7. The second kappa shape index (κ2) is 11.7. The first-order chi connectivity index (χ1) is 18.7. The molecule has 0 spiro atoms. The standard InChI is InChI=1S/C31H45N5O3/c1-19(2)25-10-8-20(3)12-31(39)36-17-23-13-24(28(36)6-5-7-29(37)34-25)18-35(16-23)30(38)15-22-9-11-26-27(14-22)33-21(4)32-26/h9,11,14,19-20,23-25,28H,5-8,10,12-13,15-18H2,1-4H3,(H,32,33)(H,34,37)/t20-,23+,24-,25+,28+/m1/s1. The van der Waals surface area contributed by atoms with Crippen molar-refractivity contribution in [3.05, 3.63) is 29.6 Å². The topological polar surface area (TPSA) is 98.4 Å². The lowest BCUT2D eigenvalue weighted by Gasteiger charge is -2.51. The summed E-state index contributed by atoms with van der Waals surface area (Å²) in [6.07, 6.45) is 5.90. The number of hydrogen-bond acceptors (Lipinski definition) is 4. The molecular formula is C31H45N5O3. The van der Waals surface area contributed by atoms with Crippen molar-refractivity contribution in [3.8, 4) is 0 Å². The van der Waals surface area contributed by atoms with Gasteiger partial charge in [0.1, 0.15) is 5.82 Å². The SMILES string of the molecule is Cc1nc2ccc(CC(=O)N3C[C@@H]4C[C@H](C3)[C@@H]3CCCC(=O)N[C@H](C(C)C)CC[C@@H](C)CC(=O)N3C4)cc2[nH]1. The number of nitrogens with one attached hydrogen (secondary N) is 2. The van der Waals surface area contributed by atoms with Gasteiger partial charge in [-0.2, -0.15) is 0 Å². The number of fused-ring (bicyclic) bond motifs is 5. The molecule has 0 radical (unpaired) electrons. The van der Waals surface area contributed by atoms with Gasteiger partial charge in [-0.25, -0.2) is 4.98 Å². The van der Waals surface area contributed by atoms with Crippen molar-refractivity contribution in [2.45, 2.75) is 91.1 Å². The quantitative estimate of drug-likeness (QED) is 0.615. The number of nitrogens with zero attached hydrogens (tertiary/aromatic N) is 3. The number of benzene rings is 1. The third-order valence-corrected chi connectivity index (χ3v) is 9.21. The van der Waals surface area contributed by atoms with Gasteiger partial charge in [0.05, 0.1) is 17.5 Å². The van der Waals surface area contributed by atoms with E-state index in [9.17, 15) is 14.4 Å². The van der Waals surface area contributed by atoms with Crippen LogP contribution in [0.25, 0.3) is 11.0 Å². The van der Waals surface area contributed by atoms with E-state index >= 15 is 0 Å². The summed E-state index contributed by atoms with van der Waals surface area (Å²) in [7, 11) is 0. The molecule has 1 aromatic carbocycles. The van der Waals surface area contributed by atoms with Gasteiger partial charge in [0.2, 0.25) is 17.7 Å². The van der Waals surface area contributed by atoms with Crippen LogP contribution in [0.3, 0.4) is 0 Å². The lowest BCUT2D eigenvalue weighted by atomic mass is 9.77. The molecule has 5 atom stereocenters. The lowest BCUT2D eigenvalue weighted by Crippen LogP contribution is -2.60. The number of hydrogen-bond donors (Lipinski definition) is 2. The number of aromatic amines is 1. The number of piperidine rings is 2. The number of H-pyrrole nitrogens is 1. The number of imidazole rings is 1. The first-order valence-electron chi connectivity index (χ1n) is 15.0. The molecule has 212 valence electrons. The molecule has 0 aliphatic carbocycles. The second-order valence-electron chi connectivity index (χ2n) is 12.8. The highest BCUT2D eigenvalue weighted by Gasteiger charge is 2.43. The molecule has 8 nitrogen and oxygen atoms in total. The first kappa shape index (κ1) is 27.7. The highest BCUT2D eigenvalue weighted by molar-refractivity contribution is 5.82. The van der Waals surface area contributed by atoms with Crippen LogP contribution in [0.15, 0.2) is 18.2 Å². The van der Waals surface area contributed by atoms with Crippen molar-refractivity contribution in [1.29, 1.82) is 0 Å². The van der Waals surface area contributed by atoms with Crippen LogP contribution in [-0.2, 0) is 20.8 Å². The molecule has 3 aliphatic rings. The molecule has 3 amide bonds. The van der Waals surface area contributed by atoms with Crippen LogP contribution in [0, 0.1) is 30.6 Å². The predicted octanol–water partition coefficient (Wildman–Crippen LogP) is 4.22. The Hall–Kier alpha value is -2.90. The molecule has 0 saturated carbocycles. The molecular weight excluding hydrogens is 490 g/mol. The Labute approximate surface area is 232 Å². The summed E-state index contributed by atoms with van der Waals surface area (Å²) in [4.78, 5) is 51.7. The van der Waals surface area contributed by atoms with Gasteiger partial charge in [-0.15, -0.1) is 0 Å². The summed E-state index contributed by atoms with van der Waals surface area (Å²) >= 11 is 0. The smallest absolute Gasteiger partial charge is 0.227 e. The van der Waals surface area contributed by atoms with Crippen LogP contribution >= 0.6 is 0 Å². The monoisotopic (exact) mass is 535 g/mol. The molecule has 8 heteroatoms. The average molecular weight is 536 g/mol. The Bertz CT molecular complexity index is 1210. The van der Waals surface area contributed by atoms with Crippen molar-refractivity contribution in [2.75, 3.05) is 19.6 Å². The predicted molar refractivity (Wildman–Crippen MR) is 152 cm³/mol. The Morgan fingerprint density at radius 1 is 1.13 bits per heavy atom. The van der Waals surface area contributed by atoms with Gasteiger partial charge < -0.3 is 20.1 Å². The fourth-order valence-corrected chi connectivity index (χ4v) is 7.09. The summed E-state index contributed by atoms with van der Waals surface area (Å²) in [5.74, 6) is 2.63. The first-order valence-corrected chi connectivity index (χ1v) is 15.0. The summed E-state index contributed by atoms with van der Waals surface area (Å²) in [6.45, 7) is 10.5. The van der Waals surface area contributed by atoms with E-state index in [-0.39, 0.29) is 41.6 Å². The van der Waals surface area contributed by atoms with Gasteiger partial charge >= 0.3 is 0 Å². The Balaban J connectivity index is 1.28. The largest absolute Gasteiger partial charge is 0.353 e. The maximum Gasteiger partial charge on any atom is 0.227 e. The molecule has 3 aliphatic heterocycles. The van der Waals surface area contributed by atoms with Crippen LogP contribution in [0.1, 0.15) is 77.1 Å². The van der Waals surface area contributed by atoms with Gasteiger partial charge in [0, 0.05) is 44.6 Å². The van der Waals surface area contributed by atoms with E-state index in [1.54, 1.807) is 0 Å². The lowest BCUT2D eigenvalue weighted by molar-refractivity contribution is -0.146. The minimum Gasteiger partial charge on any atom is -0.353 e. The summed E-state index contributed by atoms with van der Waals surface area (Å²) in [5.41, 5.74) is 2.87. The molecule has 0 unspecified atom stereocenters. The molecule has 39 heavy (non-hydrogen) atoms. The summed E-state index contributed by atoms with van der Waals surface area (Å²) in [5, 5.41) is 3.26. The molecule has 2 bridgehead atoms. The van der Waals surface area contributed by atoms with Crippen LogP contribution in [0.2, 0.25) is 0 Å². The third kappa shape index (κ3) is 6.47. The number of carbonyl (C=O) groups is 3. The normalized spacial score (nSPS) is 28.9. The number of aryl methyl sites for hydroxylation is 1. The van der Waals surface area contributed by atoms with Gasteiger partial charge in [-0.05, 0) is 80.4 Å². The fourth-order valence-electron chi connectivity index (χ4n) is 7.09. The minimum absolute atomic E-state index is 0.0929. The highest BCUT2D eigenvalue weighted by atomic mass is 16.2. The van der Waals surface area contributed by atoms with Gasteiger partial charge in [-0.1, -0.05) is 26.8 Å². The van der Waals surface area contributed by atoms with Crippen LogP contribution < -0.4 is 5.32 Å². The molecule has 1 aromatic heterocycles. The van der Waals surface area contributed by atoms with E-state index in [1.807, 2.05) is 30.0 Å². The van der Waals surface area contributed by atoms with E-state index in [2.05, 4.69) is 41.0 Å². The molecule has 3 fully saturated rings. The van der Waals surface area contributed by atoms with Crippen molar-refractivity contribution in [1.82, 2.24) is 25.1 Å². The van der Waals surface area contributed by atoms with Crippen molar-refractivity contribution < 1.29 is 14.4 Å². The Morgan fingerprint density at radius 2 is 1.95 bits per heavy atom. The Morgan fingerprint density at radius 3 is 2.74 bits per heavy atom. The summed E-state index contributed by atoms with van der Waals surface area (Å²) in [6, 6.07) is 6.26. The van der Waals surface area contributed by atoms with Crippen molar-refractivity contribution in [2.24, 2.45) is 23.7 Å². The van der Waals surface area contributed by atoms with Gasteiger partial charge in [-0.3, -0.25) is 14.4 Å². The molecule has 2 aromatic rings. The zero-order valence-corrected chi connectivity index (χ0v) is 24.0.